The van der Waals surface area contributed by atoms with Crippen LogP contribution in [0.1, 0.15) is 13.3 Å². The third-order valence-corrected chi connectivity index (χ3v) is 1.39. The van der Waals surface area contributed by atoms with E-state index in [1.165, 1.54) is 0 Å². The second-order valence-electron chi connectivity index (χ2n) is 1.29. The minimum Gasteiger partial charge on any atom is -1.00 e. The van der Waals surface area contributed by atoms with Crippen molar-refractivity contribution in [3.63, 3.8) is 0 Å². The van der Waals surface area contributed by atoms with E-state index in [9.17, 15) is 8.42 Å². The second kappa shape index (κ2) is 15.1. The summed E-state index contributed by atoms with van der Waals surface area (Å²) < 4.78 is 27.6. The summed E-state index contributed by atoms with van der Waals surface area (Å²) in [5.41, 5.74) is 0. The van der Waals surface area contributed by atoms with Crippen LogP contribution in [0.2, 0.25) is 0 Å². The van der Waals surface area contributed by atoms with Gasteiger partial charge in [0.05, 0.1) is 5.75 Å². The average molecular weight is 234 g/mol. The monoisotopic (exact) mass is 234 g/mol. The molecule has 0 aliphatic carbocycles. The maximum Gasteiger partial charge on any atom is 1.00 e. The van der Waals surface area contributed by atoms with E-state index < -0.39 is 10.1 Å². The van der Waals surface area contributed by atoms with Crippen LogP contribution < -0.4 is 59.1 Å². The molecule has 0 radical (unpaired) electrons. The molecule has 0 fully saturated rings. The van der Waals surface area contributed by atoms with E-state index in [2.05, 4.69) is 23.3 Å². The zero-order valence-electron chi connectivity index (χ0n) is 6.90. The molecule has 58 valence electrons. The predicted molar refractivity (Wildman–Crippen MR) is 41.4 cm³/mol. The third-order valence-electron chi connectivity index (χ3n) is 0.462. The van der Waals surface area contributed by atoms with Gasteiger partial charge >= 0.3 is 59.1 Å². The van der Waals surface area contributed by atoms with Crippen LogP contribution in [-0.2, 0) is 33.4 Å². The summed E-state index contributed by atoms with van der Waals surface area (Å²) in [6.45, 7) is 1.69. The Kier molecular flexibility index (Phi) is 32.2. The van der Waals surface area contributed by atoms with Crippen LogP contribution in [-0.4, -0.2) is 18.7 Å². The van der Waals surface area contributed by atoms with Crippen molar-refractivity contribution in [3.05, 3.63) is 0 Å². The number of hydrogen-bond acceptors (Lipinski definition) is 4. The Balaban J connectivity index is -0.0000000564. The maximum absolute atomic E-state index is 9.79. The van der Waals surface area contributed by atoms with Crippen molar-refractivity contribution in [1.82, 2.24) is 0 Å². The van der Waals surface area contributed by atoms with Crippen molar-refractivity contribution in [1.29, 1.82) is 0 Å². The third kappa shape index (κ3) is 32.5. The fraction of sp³-hybridized carbons (Fsp3) is 1.00. The Morgan fingerprint density at radius 3 is 1.55 bits per heavy atom. The van der Waals surface area contributed by atoms with Gasteiger partial charge in [0.15, 0.2) is 0 Å². The molecule has 0 amide bonds. The molecule has 0 aliphatic rings. The fourth-order valence-corrected chi connectivity index (χ4v) is 0.774. The van der Waals surface area contributed by atoms with E-state index in [0.29, 0.717) is 6.42 Å². The van der Waals surface area contributed by atoms with Gasteiger partial charge in [0, 0.05) is 0 Å². The van der Waals surface area contributed by atoms with Gasteiger partial charge in [-0.1, -0.05) is 6.92 Å². The van der Waals surface area contributed by atoms with Crippen molar-refractivity contribution in [2.24, 2.45) is 0 Å². The predicted octanol–water partition coefficient (Wildman–Crippen LogP) is -5.71. The molecule has 0 aromatic heterocycles. The first-order chi connectivity index (χ1) is 4.06. The minimum atomic E-state index is -3.67. The zero-order chi connectivity index (χ0) is 7.91. The van der Waals surface area contributed by atoms with Crippen molar-refractivity contribution >= 4 is 33.4 Å². The van der Waals surface area contributed by atoms with Gasteiger partial charge in [0.1, 0.15) is 0 Å². The molecule has 0 saturated carbocycles. The van der Waals surface area contributed by atoms with Gasteiger partial charge in [-0.05, 0) is 6.42 Å². The van der Waals surface area contributed by atoms with Gasteiger partial charge in [-0.15, -0.1) is 0 Å². The summed E-state index contributed by atoms with van der Waals surface area (Å²) in [7, 11) is -3.67. The molecular weight excluding hydrogens is 226 g/mol. The van der Waals surface area contributed by atoms with Gasteiger partial charge in [-0.2, -0.15) is 8.42 Å². The molecule has 0 unspecified atom stereocenters. The molecule has 11 heavy (non-hydrogen) atoms. The van der Waals surface area contributed by atoms with Crippen LogP contribution >= 0.6 is 0 Å². The van der Waals surface area contributed by atoms with Crippen LogP contribution in [0.25, 0.3) is 0 Å². The van der Waals surface area contributed by atoms with Crippen LogP contribution in [0.4, 0.5) is 0 Å². The quantitative estimate of drug-likeness (QED) is 0.223. The van der Waals surface area contributed by atoms with E-state index in [1.807, 2.05) is 0 Å². The van der Waals surface area contributed by atoms with Gasteiger partial charge in [0.25, 0.3) is 10.1 Å². The Morgan fingerprint density at radius 2 is 1.55 bits per heavy atom. The molecule has 0 spiro atoms. The Morgan fingerprint density at radius 1 is 1.27 bits per heavy atom. The maximum atomic E-state index is 9.79. The molecule has 0 aliphatic heterocycles. The van der Waals surface area contributed by atoms with Gasteiger partial charge in [-0.25, -0.2) is 0 Å². The zero-order valence-corrected chi connectivity index (χ0v) is 13.4. The molecule has 8 heteroatoms. The van der Waals surface area contributed by atoms with Gasteiger partial charge in [-0.3, -0.25) is 4.55 Å². The van der Waals surface area contributed by atoms with E-state index in [4.69, 9.17) is 4.55 Å². The summed E-state index contributed by atoms with van der Waals surface area (Å²) in [5.74, 6) is -0.132. The van der Waals surface area contributed by atoms with Crippen LogP contribution in [0.15, 0.2) is 0 Å². The molecule has 0 aromatic carbocycles. The van der Waals surface area contributed by atoms with Crippen molar-refractivity contribution in [2.75, 3.05) is 5.75 Å². The second-order valence-corrected chi connectivity index (χ2v) is 2.86. The van der Waals surface area contributed by atoms with Gasteiger partial charge < -0.3 is 23.3 Å². The van der Waals surface area contributed by atoms with Crippen molar-refractivity contribution in [2.45, 2.75) is 13.3 Å². The minimum absolute atomic E-state index is 0. The average Bonchev–Trinajstić information content (AvgIpc) is 1.69. The van der Waals surface area contributed by atoms with Crippen LogP contribution in [0.5, 0.6) is 0 Å². The topological polar surface area (TPSA) is 54.4 Å². The summed E-state index contributed by atoms with van der Waals surface area (Å²) >= 11 is 7.33. The summed E-state index contributed by atoms with van der Waals surface area (Å²) in [6, 6.07) is 0. The summed E-state index contributed by atoms with van der Waals surface area (Å²) in [5, 5.41) is 0. The van der Waals surface area contributed by atoms with Crippen LogP contribution in [0.3, 0.4) is 0 Å². The van der Waals surface area contributed by atoms with Crippen LogP contribution in [0, 0.1) is 0 Å². The summed E-state index contributed by atoms with van der Waals surface area (Å²) in [4.78, 5) is 0. The van der Waals surface area contributed by atoms with E-state index >= 15 is 0 Å². The summed E-state index contributed by atoms with van der Waals surface area (Å²) in [6.07, 6.45) is 0.471. The van der Waals surface area contributed by atoms with E-state index in [1.54, 1.807) is 6.92 Å². The van der Waals surface area contributed by atoms with Gasteiger partial charge in [0.2, 0.25) is 0 Å². The molecule has 0 saturated heterocycles. The van der Waals surface area contributed by atoms with Crippen molar-refractivity contribution < 1.29 is 72.1 Å². The first-order valence-corrected chi connectivity index (χ1v) is 5.12. The van der Waals surface area contributed by atoms with E-state index in [-0.39, 0.29) is 64.9 Å². The molecule has 0 aromatic rings. The standard InChI is InChI=1S/C3H8O3S.2Na.S2/c1-2-3-7(4,5)6;;;1-2/h2-3H2,1H3,(H,4,5,6);;;/q;2*+1;-2. The smallest absolute Gasteiger partial charge is 1.00 e. The Labute approximate surface area is 123 Å². The molecule has 0 rings (SSSR count). The fourth-order valence-electron chi connectivity index (χ4n) is 0.258. The Bertz CT molecular complexity index is 135. The normalized spacial score (nSPS) is 8.00. The molecule has 1 N–H and O–H groups in total. The first kappa shape index (κ1) is 23.4. The first-order valence-electron chi connectivity index (χ1n) is 2.18. The molecule has 0 atom stereocenters. The number of hydrogen-bond donors (Lipinski definition) is 1. The Hall–Kier alpha value is 2.61. The molecular formula is C3H8Na2O3S3. The largest absolute Gasteiger partial charge is 1.00 e. The van der Waals surface area contributed by atoms with Crippen molar-refractivity contribution in [3.8, 4) is 0 Å². The molecule has 3 nitrogen and oxygen atoms in total. The SMILES string of the molecule is CCCS(=O)(=O)O.[Na+].[Na+].[S-][S-]. The van der Waals surface area contributed by atoms with E-state index in [0.717, 1.165) is 0 Å². The number of rotatable bonds is 2. The molecule has 0 bridgehead atoms. The molecule has 0 heterocycles.